The molecule has 0 aliphatic carbocycles. The van der Waals surface area contributed by atoms with Crippen LogP contribution in [0.3, 0.4) is 0 Å². The number of hydrogen-bond donors (Lipinski definition) is 0. The van der Waals surface area contributed by atoms with Crippen LogP contribution in [0, 0.1) is 3.57 Å². The lowest BCUT2D eigenvalue weighted by Gasteiger charge is -2.25. The van der Waals surface area contributed by atoms with Crippen LogP contribution in [0.2, 0.25) is 0 Å². The summed E-state index contributed by atoms with van der Waals surface area (Å²) in [4.78, 5) is 32.2. The van der Waals surface area contributed by atoms with Crippen LogP contribution in [0.4, 0.5) is 0 Å². The van der Waals surface area contributed by atoms with Gasteiger partial charge in [-0.1, -0.05) is 30.1 Å². The summed E-state index contributed by atoms with van der Waals surface area (Å²) in [7, 11) is 4.64. The highest BCUT2D eigenvalue weighted by Gasteiger charge is 2.34. The fraction of sp³-hybridized carbons (Fsp3) is 0.276. The quantitative estimate of drug-likeness (QED) is 0.182. The number of methoxy groups -OCH3 is 3. The summed E-state index contributed by atoms with van der Waals surface area (Å²) in [6, 6.07) is 8.23. The van der Waals surface area contributed by atoms with E-state index in [-0.39, 0.29) is 17.7 Å². The molecule has 0 unspecified atom stereocenters. The van der Waals surface area contributed by atoms with Crippen LogP contribution in [-0.2, 0) is 9.53 Å². The molecule has 0 N–H and O–H groups in total. The highest BCUT2D eigenvalue weighted by atomic mass is 127. The first-order valence-corrected chi connectivity index (χ1v) is 14.2. The first-order valence-electron chi connectivity index (χ1n) is 12.3. The molecule has 0 radical (unpaired) electrons. The lowest BCUT2D eigenvalue weighted by atomic mass is 9.95. The second-order valence-electron chi connectivity index (χ2n) is 8.55. The van der Waals surface area contributed by atoms with Crippen LogP contribution in [-0.4, -0.2) is 45.1 Å². The predicted molar refractivity (Wildman–Crippen MR) is 161 cm³/mol. The molecule has 40 heavy (non-hydrogen) atoms. The Kier molecular flexibility index (Phi) is 9.36. The van der Waals surface area contributed by atoms with Crippen molar-refractivity contribution >= 4 is 46.0 Å². The Labute approximate surface area is 249 Å². The van der Waals surface area contributed by atoms with E-state index in [0.29, 0.717) is 50.2 Å². The number of carbonyl (C=O) groups is 1. The topological polar surface area (TPSA) is 97.6 Å². The molecular weight excluding hydrogens is 647 g/mol. The minimum absolute atomic E-state index is 0.186. The summed E-state index contributed by atoms with van der Waals surface area (Å²) in [6.07, 6.45) is 3.44. The molecular formula is C29H29IN2O7S. The number of esters is 1. The Morgan fingerprint density at radius 2 is 1.85 bits per heavy atom. The van der Waals surface area contributed by atoms with Gasteiger partial charge in [-0.15, -0.1) is 0 Å². The van der Waals surface area contributed by atoms with Gasteiger partial charge in [0, 0.05) is 0 Å². The Hall–Kier alpha value is -3.58. The molecule has 1 aliphatic heterocycles. The van der Waals surface area contributed by atoms with Crippen LogP contribution in [0.1, 0.15) is 31.0 Å². The molecule has 0 bridgehead atoms. The molecule has 0 saturated carbocycles. The molecule has 1 aromatic heterocycles. The largest absolute Gasteiger partial charge is 0.493 e. The second kappa shape index (κ2) is 12.7. The molecule has 1 aliphatic rings. The molecule has 1 atom stereocenters. The first-order chi connectivity index (χ1) is 19.3. The average molecular weight is 677 g/mol. The van der Waals surface area contributed by atoms with Crippen LogP contribution in [0.5, 0.6) is 23.0 Å². The minimum atomic E-state index is -0.776. The second-order valence-corrected chi connectivity index (χ2v) is 10.7. The van der Waals surface area contributed by atoms with E-state index in [1.165, 1.54) is 23.0 Å². The number of aromatic nitrogens is 1. The van der Waals surface area contributed by atoms with E-state index in [2.05, 4.69) is 34.2 Å². The summed E-state index contributed by atoms with van der Waals surface area (Å²) in [6.45, 7) is 7.69. The number of benzene rings is 2. The molecule has 0 amide bonds. The molecule has 2 aromatic carbocycles. The Bertz CT molecular complexity index is 1670. The lowest BCUT2D eigenvalue weighted by Crippen LogP contribution is -2.40. The molecule has 2 heterocycles. The number of carbonyl (C=O) groups excluding carboxylic acids is 1. The van der Waals surface area contributed by atoms with Gasteiger partial charge in [-0.05, 0) is 77.9 Å². The third-order valence-corrected chi connectivity index (χ3v) is 7.92. The zero-order valence-electron chi connectivity index (χ0n) is 22.8. The first kappa shape index (κ1) is 29.4. The van der Waals surface area contributed by atoms with Gasteiger partial charge in [-0.2, -0.15) is 0 Å². The molecule has 0 spiro atoms. The van der Waals surface area contributed by atoms with Gasteiger partial charge in [0.15, 0.2) is 27.8 Å². The molecule has 210 valence electrons. The number of ether oxygens (including phenoxy) is 5. The highest BCUT2D eigenvalue weighted by Crippen LogP contribution is 2.36. The van der Waals surface area contributed by atoms with Gasteiger partial charge in [0.05, 0.1) is 53.4 Å². The van der Waals surface area contributed by atoms with Gasteiger partial charge < -0.3 is 23.7 Å². The SMILES string of the molecule is C=CCOc1c(I)cc(/C=c2\sc3n(c2=O)[C@H](c2ccc(OC)c(OC)c2)C(C(=O)OCC)=C(C)N=3)cc1OC. The van der Waals surface area contributed by atoms with Crippen LogP contribution < -0.4 is 33.8 Å². The fourth-order valence-electron chi connectivity index (χ4n) is 4.39. The summed E-state index contributed by atoms with van der Waals surface area (Å²) in [5.74, 6) is 1.61. The number of rotatable bonds is 10. The zero-order valence-corrected chi connectivity index (χ0v) is 25.8. The smallest absolute Gasteiger partial charge is 0.338 e. The molecule has 11 heteroatoms. The third kappa shape index (κ3) is 5.66. The van der Waals surface area contributed by atoms with Crippen molar-refractivity contribution in [1.82, 2.24) is 4.57 Å². The summed E-state index contributed by atoms with van der Waals surface area (Å²) in [5.41, 5.74) is 1.88. The van der Waals surface area contributed by atoms with E-state index in [4.69, 9.17) is 23.7 Å². The number of hydrogen-bond acceptors (Lipinski definition) is 9. The monoisotopic (exact) mass is 676 g/mol. The van der Waals surface area contributed by atoms with Crippen molar-refractivity contribution in [2.24, 2.45) is 4.99 Å². The van der Waals surface area contributed by atoms with E-state index in [0.717, 1.165) is 9.13 Å². The highest BCUT2D eigenvalue weighted by molar-refractivity contribution is 14.1. The number of halogens is 1. The van der Waals surface area contributed by atoms with E-state index in [1.54, 1.807) is 64.5 Å². The van der Waals surface area contributed by atoms with Gasteiger partial charge in [-0.3, -0.25) is 9.36 Å². The minimum Gasteiger partial charge on any atom is -0.493 e. The van der Waals surface area contributed by atoms with Crippen molar-refractivity contribution in [3.63, 3.8) is 0 Å². The van der Waals surface area contributed by atoms with Crippen LogP contribution in [0.15, 0.2) is 64.0 Å². The maximum atomic E-state index is 13.9. The van der Waals surface area contributed by atoms with Gasteiger partial charge in [0.2, 0.25) is 0 Å². The maximum absolute atomic E-state index is 13.9. The van der Waals surface area contributed by atoms with E-state index < -0.39 is 12.0 Å². The Morgan fingerprint density at radius 1 is 1.12 bits per heavy atom. The lowest BCUT2D eigenvalue weighted by molar-refractivity contribution is -0.139. The van der Waals surface area contributed by atoms with Crippen molar-refractivity contribution in [2.75, 3.05) is 34.5 Å². The summed E-state index contributed by atoms with van der Waals surface area (Å²) < 4.78 is 30.4. The summed E-state index contributed by atoms with van der Waals surface area (Å²) in [5, 5.41) is 0. The zero-order chi connectivity index (χ0) is 29.0. The van der Waals surface area contributed by atoms with Crippen molar-refractivity contribution in [1.29, 1.82) is 0 Å². The average Bonchev–Trinajstić information content (AvgIpc) is 3.24. The maximum Gasteiger partial charge on any atom is 0.338 e. The van der Waals surface area contributed by atoms with Gasteiger partial charge in [-0.25, -0.2) is 9.79 Å². The third-order valence-electron chi connectivity index (χ3n) is 6.14. The molecule has 9 nitrogen and oxygen atoms in total. The molecule has 0 fully saturated rings. The Morgan fingerprint density at radius 3 is 2.50 bits per heavy atom. The number of nitrogens with zero attached hydrogens (tertiary/aromatic N) is 2. The van der Waals surface area contributed by atoms with Crippen molar-refractivity contribution in [2.45, 2.75) is 19.9 Å². The molecule has 0 saturated heterocycles. The normalized spacial score (nSPS) is 14.8. The van der Waals surface area contributed by atoms with Crippen LogP contribution in [0.25, 0.3) is 6.08 Å². The van der Waals surface area contributed by atoms with E-state index in [9.17, 15) is 9.59 Å². The van der Waals surface area contributed by atoms with E-state index in [1.807, 2.05) is 6.07 Å². The predicted octanol–water partition coefficient (Wildman–Crippen LogP) is 3.99. The number of thiazole rings is 1. The molecule has 4 rings (SSSR count). The van der Waals surface area contributed by atoms with Crippen molar-refractivity contribution in [3.05, 3.63) is 88.6 Å². The number of allylic oxidation sites excluding steroid dienone is 1. The van der Waals surface area contributed by atoms with Gasteiger partial charge in [0.25, 0.3) is 5.56 Å². The fourth-order valence-corrected chi connectivity index (χ4v) is 6.21. The standard InChI is InChI=1S/C29H29IN2O7S/c1-7-11-39-26-19(30)12-17(13-22(26)37-6)14-23-27(33)32-25(18-9-10-20(35-4)21(15-18)36-5)24(28(34)38-8-2)16(3)31-29(32)40-23/h7,9-10,12-15,25H,1,8,11H2,2-6H3/b23-14-/t25-/m1/s1. The van der Waals surface area contributed by atoms with E-state index >= 15 is 0 Å². The summed E-state index contributed by atoms with van der Waals surface area (Å²) >= 11 is 3.41. The van der Waals surface area contributed by atoms with Gasteiger partial charge >= 0.3 is 5.97 Å². The Balaban J connectivity index is 1.93. The number of fused-ring (bicyclic) bond motifs is 1. The molecule has 3 aromatic rings. The van der Waals surface area contributed by atoms with Crippen LogP contribution >= 0.6 is 33.9 Å². The van der Waals surface area contributed by atoms with Crippen molar-refractivity contribution < 1.29 is 28.5 Å². The van der Waals surface area contributed by atoms with Gasteiger partial charge in [0.1, 0.15) is 6.61 Å². The van der Waals surface area contributed by atoms with Crippen molar-refractivity contribution in [3.8, 4) is 23.0 Å².